The Bertz CT molecular complexity index is 174. The van der Waals surface area contributed by atoms with Crippen LogP contribution in [0, 0.1) is 0 Å². The number of hydrogen-bond acceptors (Lipinski definition) is 3. The highest BCUT2D eigenvalue weighted by atomic mass is 16.5. The molecule has 0 spiro atoms. The summed E-state index contributed by atoms with van der Waals surface area (Å²) >= 11 is 0. The van der Waals surface area contributed by atoms with Crippen LogP contribution in [0.25, 0.3) is 0 Å². The molecule has 2 aliphatic rings. The number of nitrogens with zero attached hydrogens (tertiary/aromatic N) is 1. The number of aliphatic hydroxyl groups excluding tert-OH is 1. The highest BCUT2D eigenvalue weighted by Crippen LogP contribution is 2.30. The molecule has 0 aromatic carbocycles. The Labute approximate surface area is 73.3 Å². The minimum atomic E-state index is -0.112. The van der Waals surface area contributed by atoms with Crippen LogP contribution in [0.2, 0.25) is 0 Å². The molecule has 70 valence electrons. The van der Waals surface area contributed by atoms with E-state index in [0.717, 1.165) is 13.2 Å². The van der Waals surface area contributed by atoms with Crippen molar-refractivity contribution < 1.29 is 9.84 Å². The lowest BCUT2D eigenvalue weighted by Crippen LogP contribution is -2.59. The van der Waals surface area contributed by atoms with E-state index >= 15 is 0 Å². The van der Waals surface area contributed by atoms with Crippen LogP contribution in [0.5, 0.6) is 0 Å². The van der Waals surface area contributed by atoms with Gasteiger partial charge in [0.1, 0.15) is 0 Å². The first-order valence-electron chi connectivity index (χ1n) is 4.72. The van der Waals surface area contributed by atoms with Gasteiger partial charge in [-0.25, -0.2) is 0 Å². The summed E-state index contributed by atoms with van der Waals surface area (Å²) in [6.45, 7) is 4.97. The summed E-state index contributed by atoms with van der Waals surface area (Å²) in [5.74, 6) is 0. The molecule has 1 N–H and O–H groups in total. The first kappa shape index (κ1) is 8.48. The molecule has 0 aromatic rings. The molecule has 2 rings (SSSR count). The van der Waals surface area contributed by atoms with Crippen LogP contribution in [-0.2, 0) is 4.74 Å². The van der Waals surface area contributed by atoms with E-state index < -0.39 is 0 Å². The summed E-state index contributed by atoms with van der Waals surface area (Å²) in [6.07, 6.45) is 2.49. The normalized spacial score (nSPS) is 43.0. The molecule has 3 heteroatoms. The van der Waals surface area contributed by atoms with Crippen LogP contribution in [0.15, 0.2) is 0 Å². The van der Waals surface area contributed by atoms with Gasteiger partial charge < -0.3 is 9.84 Å². The molecule has 0 aliphatic carbocycles. The third kappa shape index (κ3) is 1.16. The molecule has 0 saturated carbocycles. The smallest absolute Gasteiger partial charge is 0.0671 e. The molecule has 2 aliphatic heterocycles. The number of rotatable bonds is 1. The van der Waals surface area contributed by atoms with E-state index in [1.54, 1.807) is 0 Å². The first-order valence-corrected chi connectivity index (χ1v) is 4.72. The second kappa shape index (κ2) is 2.98. The molecule has 2 heterocycles. The SMILES string of the molecule is C[C@@]1(CO)COC[C@@H]2CCCN21. The summed E-state index contributed by atoms with van der Waals surface area (Å²) < 4.78 is 5.49. The molecule has 0 unspecified atom stereocenters. The van der Waals surface area contributed by atoms with Crippen molar-refractivity contribution in [1.82, 2.24) is 4.90 Å². The molecule has 2 atom stereocenters. The predicted octanol–water partition coefficient (Wildman–Crippen LogP) is 0.232. The molecule has 0 amide bonds. The Morgan fingerprint density at radius 1 is 1.67 bits per heavy atom. The number of ether oxygens (including phenoxy) is 1. The van der Waals surface area contributed by atoms with Crippen LogP contribution in [0.4, 0.5) is 0 Å². The number of fused-ring (bicyclic) bond motifs is 1. The van der Waals surface area contributed by atoms with Gasteiger partial charge in [-0.2, -0.15) is 0 Å². The fraction of sp³-hybridized carbons (Fsp3) is 1.00. The van der Waals surface area contributed by atoms with Crippen LogP contribution in [0.1, 0.15) is 19.8 Å². The molecule has 0 bridgehead atoms. The monoisotopic (exact) mass is 171 g/mol. The van der Waals surface area contributed by atoms with Crippen LogP contribution < -0.4 is 0 Å². The Morgan fingerprint density at radius 2 is 2.50 bits per heavy atom. The average molecular weight is 171 g/mol. The molecular weight excluding hydrogens is 154 g/mol. The molecular formula is C9H17NO2. The molecule has 0 aromatic heterocycles. The molecule has 3 nitrogen and oxygen atoms in total. The van der Waals surface area contributed by atoms with E-state index in [-0.39, 0.29) is 12.1 Å². The van der Waals surface area contributed by atoms with Crippen molar-refractivity contribution in [1.29, 1.82) is 0 Å². The second-order valence-electron chi connectivity index (χ2n) is 4.16. The Balaban J connectivity index is 2.13. The van der Waals surface area contributed by atoms with E-state index in [2.05, 4.69) is 11.8 Å². The number of morpholine rings is 1. The van der Waals surface area contributed by atoms with Gasteiger partial charge in [0.05, 0.1) is 25.4 Å². The quantitative estimate of drug-likeness (QED) is 0.613. The predicted molar refractivity (Wildman–Crippen MR) is 46.0 cm³/mol. The maximum absolute atomic E-state index is 9.28. The van der Waals surface area contributed by atoms with Gasteiger partial charge in [0.2, 0.25) is 0 Å². The average Bonchev–Trinajstić information content (AvgIpc) is 2.54. The third-order valence-electron chi connectivity index (χ3n) is 3.13. The van der Waals surface area contributed by atoms with Crippen LogP contribution in [0.3, 0.4) is 0 Å². The molecule has 2 saturated heterocycles. The van der Waals surface area contributed by atoms with E-state index in [4.69, 9.17) is 4.74 Å². The van der Waals surface area contributed by atoms with Crippen molar-refractivity contribution >= 4 is 0 Å². The van der Waals surface area contributed by atoms with Crippen molar-refractivity contribution in [2.24, 2.45) is 0 Å². The summed E-state index contributed by atoms with van der Waals surface area (Å²) in [6, 6.07) is 0.566. The van der Waals surface area contributed by atoms with Crippen molar-refractivity contribution in [3.05, 3.63) is 0 Å². The Hall–Kier alpha value is -0.120. The van der Waals surface area contributed by atoms with Gasteiger partial charge in [0, 0.05) is 6.04 Å². The van der Waals surface area contributed by atoms with Crippen molar-refractivity contribution in [2.45, 2.75) is 31.3 Å². The minimum Gasteiger partial charge on any atom is -0.394 e. The first-order chi connectivity index (χ1) is 5.76. The lowest BCUT2D eigenvalue weighted by molar-refractivity contribution is -0.0990. The van der Waals surface area contributed by atoms with E-state index in [1.165, 1.54) is 12.8 Å². The van der Waals surface area contributed by atoms with Gasteiger partial charge in [-0.15, -0.1) is 0 Å². The van der Waals surface area contributed by atoms with Gasteiger partial charge in [-0.05, 0) is 26.3 Å². The van der Waals surface area contributed by atoms with Crippen LogP contribution in [-0.4, -0.2) is 48.0 Å². The summed E-state index contributed by atoms with van der Waals surface area (Å²) in [5, 5.41) is 9.28. The zero-order chi connectivity index (χ0) is 8.60. The van der Waals surface area contributed by atoms with Crippen molar-refractivity contribution in [2.75, 3.05) is 26.4 Å². The second-order valence-corrected chi connectivity index (χ2v) is 4.16. The zero-order valence-corrected chi connectivity index (χ0v) is 7.62. The Morgan fingerprint density at radius 3 is 3.25 bits per heavy atom. The highest BCUT2D eigenvalue weighted by molar-refractivity contribution is 4.96. The summed E-state index contributed by atoms with van der Waals surface area (Å²) in [4.78, 5) is 2.41. The van der Waals surface area contributed by atoms with E-state index in [0.29, 0.717) is 12.6 Å². The van der Waals surface area contributed by atoms with Crippen LogP contribution >= 0.6 is 0 Å². The van der Waals surface area contributed by atoms with Crippen molar-refractivity contribution in [3.63, 3.8) is 0 Å². The largest absolute Gasteiger partial charge is 0.394 e. The van der Waals surface area contributed by atoms with Gasteiger partial charge in [0.25, 0.3) is 0 Å². The van der Waals surface area contributed by atoms with Gasteiger partial charge in [0.15, 0.2) is 0 Å². The molecule has 0 radical (unpaired) electrons. The summed E-state index contributed by atoms with van der Waals surface area (Å²) in [5.41, 5.74) is -0.112. The van der Waals surface area contributed by atoms with Gasteiger partial charge >= 0.3 is 0 Å². The van der Waals surface area contributed by atoms with E-state index in [1.807, 2.05) is 0 Å². The standard InChI is InChI=1S/C9H17NO2/c1-9(6-11)7-12-5-8-3-2-4-10(8)9/h8,11H,2-7H2,1H3/t8-,9+/m0/s1. The fourth-order valence-electron chi connectivity index (χ4n) is 2.35. The summed E-state index contributed by atoms with van der Waals surface area (Å²) in [7, 11) is 0. The minimum absolute atomic E-state index is 0.112. The topological polar surface area (TPSA) is 32.7 Å². The van der Waals surface area contributed by atoms with Gasteiger partial charge in [-0.3, -0.25) is 4.90 Å². The molecule has 2 fully saturated rings. The zero-order valence-electron chi connectivity index (χ0n) is 7.62. The van der Waals surface area contributed by atoms with E-state index in [9.17, 15) is 5.11 Å². The number of aliphatic hydroxyl groups is 1. The lowest BCUT2D eigenvalue weighted by Gasteiger charge is -2.44. The maximum atomic E-state index is 9.28. The maximum Gasteiger partial charge on any atom is 0.0671 e. The van der Waals surface area contributed by atoms with Crippen molar-refractivity contribution in [3.8, 4) is 0 Å². The fourth-order valence-corrected chi connectivity index (χ4v) is 2.35. The molecule has 12 heavy (non-hydrogen) atoms. The van der Waals surface area contributed by atoms with Gasteiger partial charge in [-0.1, -0.05) is 0 Å². The third-order valence-corrected chi connectivity index (χ3v) is 3.13. The number of hydrogen-bond donors (Lipinski definition) is 1. The highest BCUT2D eigenvalue weighted by Gasteiger charge is 2.42. The lowest BCUT2D eigenvalue weighted by atomic mass is 9.99. The Kier molecular flexibility index (Phi) is 2.10.